The monoisotopic (exact) mass is 368 g/mol. The van der Waals surface area contributed by atoms with Gasteiger partial charge in [0.1, 0.15) is 0 Å². The average molecular weight is 369 g/mol. The lowest BCUT2D eigenvalue weighted by molar-refractivity contribution is 0.145. The Labute approximate surface area is 155 Å². The molecule has 4 N–H and O–H groups in total. The average Bonchev–Trinajstić information content (AvgIpc) is 2.59. The zero-order valence-electron chi connectivity index (χ0n) is 14.5. The minimum absolute atomic E-state index is 0.467. The third kappa shape index (κ3) is 9.64. The van der Waals surface area contributed by atoms with Gasteiger partial charge in [-0.3, -0.25) is 10.9 Å². The van der Waals surface area contributed by atoms with Crippen LogP contribution in [-0.2, 0) is 11.2 Å². The Morgan fingerprint density at radius 2 is 1.71 bits per heavy atom. The van der Waals surface area contributed by atoms with E-state index in [9.17, 15) is 0 Å². The van der Waals surface area contributed by atoms with E-state index in [1.54, 1.807) is 0 Å². The fourth-order valence-electron chi connectivity index (χ4n) is 1.98. The molecule has 1 aromatic rings. The van der Waals surface area contributed by atoms with Crippen molar-refractivity contribution in [2.24, 2.45) is 0 Å². The van der Waals surface area contributed by atoms with Crippen molar-refractivity contribution in [2.45, 2.75) is 39.5 Å². The molecule has 0 saturated heterocycles. The Hall–Kier alpha value is -1.44. The van der Waals surface area contributed by atoms with Gasteiger partial charge in [0.15, 0.2) is 10.2 Å². The summed E-state index contributed by atoms with van der Waals surface area (Å²) in [5.74, 6) is 0. The fraction of sp³-hybridized carbons (Fsp3) is 0.529. The summed E-state index contributed by atoms with van der Waals surface area (Å²) in [6, 6.07) is 8.31. The first-order chi connectivity index (χ1) is 11.7. The van der Waals surface area contributed by atoms with Crippen LogP contribution in [0.5, 0.6) is 0 Å². The molecule has 0 aromatic heterocycles. The van der Waals surface area contributed by atoms with Gasteiger partial charge in [0.25, 0.3) is 0 Å². The van der Waals surface area contributed by atoms with E-state index in [2.05, 4.69) is 40.5 Å². The lowest BCUT2D eigenvalue weighted by Gasteiger charge is -2.14. The molecule has 24 heavy (non-hydrogen) atoms. The number of nitrogens with one attached hydrogen (secondary N) is 4. The number of benzene rings is 1. The Morgan fingerprint density at radius 1 is 1.00 bits per heavy atom. The van der Waals surface area contributed by atoms with Gasteiger partial charge >= 0.3 is 0 Å². The van der Waals surface area contributed by atoms with Gasteiger partial charge < -0.3 is 15.4 Å². The molecule has 0 aliphatic rings. The Balaban J connectivity index is 2.20. The molecular formula is C17H28N4OS2. The fourth-order valence-corrected chi connectivity index (χ4v) is 2.30. The molecule has 0 amide bonds. The van der Waals surface area contributed by atoms with E-state index < -0.39 is 0 Å². The highest BCUT2D eigenvalue weighted by molar-refractivity contribution is 7.80. The quantitative estimate of drug-likeness (QED) is 0.303. The molecule has 0 bridgehead atoms. The van der Waals surface area contributed by atoms with Crippen molar-refractivity contribution >= 4 is 40.3 Å². The predicted octanol–water partition coefficient (Wildman–Crippen LogP) is 3.12. The minimum atomic E-state index is 0.467. The molecule has 1 rings (SSSR count). The van der Waals surface area contributed by atoms with E-state index in [1.165, 1.54) is 18.4 Å². The summed E-state index contributed by atoms with van der Waals surface area (Å²) >= 11 is 10.4. The van der Waals surface area contributed by atoms with Crippen molar-refractivity contribution in [3.05, 3.63) is 29.8 Å². The molecule has 0 fully saturated rings. The van der Waals surface area contributed by atoms with Gasteiger partial charge in [0.05, 0.1) is 0 Å². The van der Waals surface area contributed by atoms with Gasteiger partial charge in [-0.1, -0.05) is 25.5 Å². The van der Waals surface area contributed by atoms with Crippen LogP contribution in [0.3, 0.4) is 0 Å². The third-order valence-corrected chi connectivity index (χ3v) is 3.73. The van der Waals surface area contributed by atoms with Gasteiger partial charge in [-0.25, -0.2) is 0 Å². The summed E-state index contributed by atoms with van der Waals surface area (Å²) in [4.78, 5) is 0. The van der Waals surface area contributed by atoms with E-state index in [1.807, 2.05) is 19.1 Å². The van der Waals surface area contributed by atoms with Gasteiger partial charge in [-0.05, 0) is 68.3 Å². The van der Waals surface area contributed by atoms with Gasteiger partial charge in [-0.2, -0.15) is 0 Å². The standard InChI is InChI=1S/C17H28N4OS2/c1-3-5-7-14-8-10-15(11-9-14)19-17(24)21-20-16(23)18-12-6-13-22-4-2/h8-11H,3-7,12-13H2,1-2H3,(H2,18,20,23)(H2,19,21,24). The Kier molecular flexibility index (Phi) is 11.1. The van der Waals surface area contributed by atoms with Crippen LogP contribution in [0.2, 0.25) is 0 Å². The summed E-state index contributed by atoms with van der Waals surface area (Å²) in [6.07, 6.45) is 4.44. The molecule has 0 heterocycles. The molecular weight excluding hydrogens is 340 g/mol. The van der Waals surface area contributed by atoms with Crippen LogP contribution in [0.4, 0.5) is 5.69 Å². The summed E-state index contributed by atoms with van der Waals surface area (Å²) in [7, 11) is 0. The zero-order valence-corrected chi connectivity index (χ0v) is 16.1. The van der Waals surface area contributed by atoms with Crippen LogP contribution in [0.1, 0.15) is 38.7 Å². The number of thiocarbonyl (C=S) groups is 2. The van der Waals surface area contributed by atoms with Gasteiger partial charge in [0.2, 0.25) is 0 Å². The molecule has 1 aromatic carbocycles. The van der Waals surface area contributed by atoms with Crippen LogP contribution in [-0.4, -0.2) is 30.0 Å². The molecule has 0 radical (unpaired) electrons. The largest absolute Gasteiger partial charge is 0.382 e. The van der Waals surface area contributed by atoms with Crippen LogP contribution in [0.15, 0.2) is 24.3 Å². The first-order valence-corrected chi connectivity index (χ1v) is 9.24. The molecule has 134 valence electrons. The minimum Gasteiger partial charge on any atom is -0.382 e. The summed E-state index contributed by atoms with van der Waals surface area (Å²) in [5, 5.41) is 7.17. The topological polar surface area (TPSA) is 57.3 Å². The van der Waals surface area contributed by atoms with Crippen LogP contribution >= 0.6 is 24.4 Å². The second-order valence-electron chi connectivity index (χ2n) is 5.31. The third-order valence-electron chi connectivity index (χ3n) is 3.28. The number of aryl methyl sites for hydroxylation is 1. The van der Waals surface area contributed by atoms with E-state index in [0.717, 1.165) is 38.3 Å². The van der Waals surface area contributed by atoms with E-state index in [-0.39, 0.29) is 0 Å². The van der Waals surface area contributed by atoms with Crippen molar-refractivity contribution < 1.29 is 4.74 Å². The number of anilines is 1. The van der Waals surface area contributed by atoms with E-state index in [0.29, 0.717) is 10.2 Å². The highest BCUT2D eigenvalue weighted by Crippen LogP contribution is 2.11. The van der Waals surface area contributed by atoms with Gasteiger partial charge in [0, 0.05) is 25.4 Å². The van der Waals surface area contributed by atoms with Crippen molar-refractivity contribution in [3.63, 3.8) is 0 Å². The molecule has 0 aliphatic heterocycles. The second-order valence-corrected chi connectivity index (χ2v) is 6.13. The lowest BCUT2D eigenvalue weighted by atomic mass is 10.1. The number of hydrogen-bond acceptors (Lipinski definition) is 3. The SMILES string of the molecule is CCCCc1ccc(NC(=S)NNC(=S)NCCCOCC)cc1. The lowest BCUT2D eigenvalue weighted by Crippen LogP contribution is -2.48. The van der Waals surface area contributed by atoms with Crippen molar-refractivity contribution in [1.82, 2.24) is 16.2 Å². The van der Waals surface area contributed by atoms with Gasteiger partial charge in [-0.15, -0.1) is 0 Å². The van der Waals surface area contributed by atoms with Crippen molar-refractivity contribution in [1.29, 1.82) is 0 Å². The number of unbranched alkanes of at least 4 members (excludes halogenated alkanes) is 1. The highest BCUT2D eigenvalue weighted by atomic mass is 32.1. The van der Waals surface area contributed by atoms with E-state index >= 15 is 0 Å². The molecule has 5 nitrogen and oxygen atoms in total. The van der Waals surface area contributed by atoms with Crippen LogP contribution in [0.25, 0.3) is 0 Å². The van der Waals surface area contributed by atoms with E-state index in [4.69, 9.17) is 29.2 Å². The summed E-state index contributed by atoms with van der Waals surface area (Å²) in [5.41, 5.74) is 8.02. The van der Waals surface area contributed by atoms with Crippen molar-refractivity contribution in [2.75, 3.05) is 25.1 Å². The first-order valence-electron chi connectivity index (χ1n) is 8.43. The highest BCUT2D eigenvalue weighted by Gasteiger charge is 2.00. The number of hydrogen-bond donors (Lipinski definition) is 4. The molecule has 7 heteroatoms. The second kappa shape index (κ2) is 12.9. The Morgan fingerprint density at radius 3 is 2.38 bits per heavy atom. The molecule has 0 spiro atoms. The number of rotatable bonds is 9. The first kappa shape index (κ1) is 20.6. The molecule has 0 unspecified atom stereocenters. The predicted molar refractivity (Wildman–Crippen MR) is 109 cm³/mol. The molecule has 0 atom stereocenters. The normalized spacial score (nSPS) is 10.1. The maximum Gasteiger partial charge on any atom is 0.189 e. The number of ether oxygens (including phenoxy) is 1. The zero-order chi connectivity index (χ0) is 17.6. The number of hydrazine groups is 1. The Bertz CT molecular complexity index is 494. The van der Waals surface area contributed by atoms with Crippen LogP contribution in [0, 0.1) is 0 Å². The van der Waals surface area contributed by atoms with Crippen LogP contribution < -0.4 is 21.5 Å². The van der Waals surface area contributed by atoms with Crippen molar-refractivity contribution in [3.8, 4) is 0 Å². The summed E-state index contributed by atoms with van der Waals surface area (Å²) < 4.78 is 5.26. The summed E-state index contributed by atoms with van der Waals surface area (Å²) in [6.45, 7) is 6.41. The smallest absolute Gasteiger partial charge is 0.189 e. The maximum atomic E-state index is 5.26. The molecule has 0 aliphatic carbocycles. The molecule has 0 saturated carbocycles. The maximum absolute atomic E-state index is 5.26.